The summed E-state index contributed by atoms with van der Waals surface area (Å²) in [4.78, 5) is 18.5. The summed E-state index contributed by atoms with van der Waals surface area (Å²) in [7, 11) is 0. The van der Waals surface area contributed by atoms with Gasteiger partial charge in [-0.15, -0.1) is 0 Å². The third kappa shape index (κ3) is 2.86. The van der Waals surface area contributed by atoms with Crippen LogP contribution in [0.4, 0.5) is 11.4 Å². The number of aromatic amines is 1. The van der Waals surface area contributed by atoms with E-state index in [2.05, 4.69) is 22.2 Å². The number of aromatic nitrogens is 2. The largest absolute Gasteiger partial charge is 0.397 e. The van der Waals surface area contributed by atoms with Gasteiger partial charge in [-0.25, -0.2) is 4.98 Å². The minimum atomic E-state index is -0.155. The van der Waals surface area contributed by atoms with Gasteiger partial charge >= 0.3 is 0 Å². The first-order chi connectivity index (χ1) is 10.1. The molecule has 0 radical (unpaired) electrons. The van der Waals surface area contributed by atoms with E-state index in [0.717, 1.165) is 12.2 Å². The topological polar surface area (TPSA) is 83.8 Å². The van der Waals surface area contributed by atoms with Crippen molar-refractivity contribution in [1.82, 2.24) is 9.97 Å². The summed E-state index contributed by atoms with van der Waals surface area (Å²) in [6.07, 6.45) is 7.90. The minimum Gasteiger partial charge on any atom is -0.397 e. The molecule has 1 aromatic carbocycles. The Morgan fingerprint density at radius 3 is 2.86 bits per heavy atom. The summed E-state index contributed by atoms with van der Waals surface area (Å²) in [6.45, 7) is 3.24. The van der Waals surface area contributed by atoms with Crippen molar-refractivity contribution >= 4 is 22.3 Å². The van der Waals surface area contributed by atoms with Crippen molar-refractivity contribution in [3.05, 3.63) is 28.8 Å². The number of fused-ring (bicyclic) bond motifs is 1. The molecule has 3 rings (SSSR count). The Morgan fingerprint density at radius 2 is 2.10 bits per heavy atom. The fraction of sp³-hybridized carbons (Fsp3) is 0.500. The van der Waals surface area contributed by atoms with Gasteiger partial charge in [0.1, 0.15) is 0 Å². The number of rotatable bonds is 3. The van der Waals surface area contributed by atoms with Gasteiger partial charge in [-0.2, -0.15) is 0 Å². The first kappa shape index (κ1) is 13.9. The van der Waals surface area contributed by atoms with Crippen LogP contribution in [-0.4, -0.2) is 16.5 Å². The van der Waals surface area contributed by atoms with Crippen molar-refractivity contribution in [2.45, 2.75) is 39.0 Å². The molecular weight excluding hydrogens is 264 g/mol. The van der Waals surface area contributed by atoms with Crippen molar-refractivity contribution in [2.24, 2.45) is 5.41 Å². The maximum atomic E-state index is 11.7. The zero-order chi connectivity index (χ0) is 14.9. The molecule has 5 heteroatoms. The second-order valence-electron chi connectivity index (χ2n) is 6.41. The summed E-state index contributed by atoms with van der Waals surface area (Å²) in [6, 6.07) is 3.57. The van der Waals surface area contributed by atoms with Crippen molar-refractivity contribution in [1.29, 1.82) is 0 Å². The van der Waals surface area contributed by atoms with Gasteiger partial charge < -0.3 is 16.0 Å². The molecule has 4 N–H and O–H groups in total. The van der Waals surface area contributed by atoms with E-state index < -0.39 is 0 Å². The number of nitrogens with two attached hydrogens (primary N) is 1. The summed E-state index contributed by atoms with van der Waals surface area (Å²) < 4.78 is 0. The van der Waals surface area contributed by atoms with Gasteiger partial charge in [-0.3, -0.25) is 4.79 Å². The number of anilines is 2. The first-order valence-electron chi connectivity index (χ1n) is 7.58. The van der Waals surface area contributed by atoms with E-state index in [9.17, 15) is 4.79 Å². The molecule has 0 aliphatic heterocycles. The van der Waals surface area contributed by atoms with Crippen molar-refractivity contribution in [2.75, 3.05) is 17.6 Å². The highest BCUT2D eigenvalue weighted by Gasteiger charge is 2.26. The average Bonchev–Trinajstić information content (AvgIpc) is 2.47. The van der Waals surface area contributed by atoms with Gasteiger partial charge in [-0.05, 0) is 30.4 Å². The monoisotopic (exact) mass is 286 g/mol. The molecule has 0 unspecified atom stereocenters. The summed E-state index contributed by atoms with van der Waals surface area (Å²) >= 11 is 0. The first-order valence-corrected chi connectivity index (χ1v) is 7.58. The molecule has 5 nitrogen and oxygen atoms in total. The van der Waals surface area contributed by atoms with Crippen LogP contribution in [0.15, 0.2) is 23.3 Å². The Morgan fingerprint density at radius 1 is 1.33 bits per heavy atom. The molecule has 1 saturated carbocycles. The molecule has 21 heavy (non-hydrogen) atoms. The van der Waals surface area contributed by atoms with Crippen LogP contribution in [0, 0.1) is 5.41 Å². The van der Waals surface area contributed by atoms with Gasteiger partial charge in [0, 0.05) is 6.54 Å². The molecule has 1 heterocycles. The second-order valence-corrected chi connectivity index (χ2v) is 6.41. The summed E-state index contributed by atoms with van der Waals surface area (Å²) in [5, 5.41) is 3.99. The fourth-order valence-electron chi connectivity index (χ4n) is 3.18. The van der Waals surface area contributed by atoms with Crippen LogP contribution in [0.3, 0.4) is 0 Å². The van der Waals surface area contributed by atoms with E-state index in [4.69, 9.17) is 5.73 Å². The van der Waals surface area contributed by atoms with Crippen molar-refractivity contribution in [3.8, 4) is 0 Å². The lowest BCUT2D eigenvalue weighted by atomic mass is 9.75. The van der Waals surface area contributed by atoms with E-state index in [1.54, 1.807) is 6.07 Å². The normalized spacial score (nSPS) is 17.8. The number of nitrogens with zero attached hydrogens (tertiary/aromatic N) is 1. The van der Waals surface area contributed by atoms with E-state index in [0.29, 0.717) is 22.0 Å². The third-order valence-corrected chi connectivity index (χ3v) is 4.58. The Balaban J connectivity index is 1.84. The SMILES string of the molecule is CC1(CNc2cc3nc[nH]c(=O)c3cc2N)CCCCC1. The Bertz CT molecular complexity index is 701. The van der Waals surface area contributed by atoms with Crippen LogP contribution in [0.2, 0.25) is 0 Å². The number of benzene rings is 1. The highest BCUT2D eigenvalue weighted by atomic mass is 16.1. The summed E-state index contributed by atoms with van der Waals surface area (Å²) in [5.41, 5.74) is 8.39. The highest BCUT2D eigenvalue weighted by molar-refractivity contribution is 5.88. The quantitative estimate of drug-likeness (QED) is 0.757. The summed E-state index contributed by atoms with van der Waals surface area (Å²) in [5.74, 6) is 0. The fourth-order valence-corrected chi connectivity index (χ4v) is 3.18. The van der Waals surface area contributed by atoms with Crippen molar-refractivity contribution in [3.63, 3.8) is 0 Å². The molecule has 1 aromatic heterocycles. The van der Waals surface area contributed by atoms with Crippen LogP contribution in [0.5, 0.6) is 0 Å². The third-order valence-electron chi connectivity index (χ3n) is 4.58. The maximum absolute atomic E-state index is 11.7. The molecule has 0 amide bonds. The Labute approximate surface area is 124 Å². The van der Waals surface area contributed by atoms with Gasteiger partial charge in [0.05, 0.1) is 28.6 Å². The van der Waals surface area contributed by atoms with E-state index in [-0.39, 0.29) is 5.56 Å². The van der Waals surface area contributed by atoms with Crippen LogP contribution in [0.1, 0.15) is 39.0 Å². The molecular formula is C16H22N4O. The number of hydrogen-bond donors (Lipinski definition) is 3. The van der Waals surface area contributed by atoms with E-state index >= 15 is 0 Å². The maximum Gasteiger partial charge on any atom is 0.258 e. The lowest BCUT2D eigenvalue weighted by molar-refractivity contribution is 0.233. The molecule has 0 spiro atoms. The zero-order valence-corrected chi connectivity index (χ0v) is 12.4. The van der Waals surface area contributed by atoms with Gasteiger partial charge in [-0.1, -0.05) is 26.2 Å². The van der Waals surface area contributed by atoms with E-state index in [1.807, 2.05) is 6.07 Å². The van der Waals surface area contributed by atoms with Crippen LogP contribution in [-0.2, 0) is 0 Å². The lowest BCUT2D eigenvalue weighted by Gasteiger charge is -2.34. The highest BCUT2D eigenvalue weighted by Crippen LogP contribution is 2.36. The van der Waals surface area contributed by atoms with Crippen LogP contribution < -0.4 is 16.6 Å². The van der Waals surface area contributed by atoms with Crippen LogP contribution in [0.25, 0.3) is 10.9 Å². The molecule has 1 aliphatic carbocycles. The molecule has 112 valence electrons. The van der Waals surface area contributed by atoms with Crippen LogP contribution >= 0.6 is 0 Å². The number of nitrogen functional groups attached to an aromatic ring is 1. The molecule has 0 bridgehead atoms. The van der Waals surface area contributed by atoms with Gasteiger partial charge in [0.25, 0.3) is 5.56 Å². The predicted molar refractivity (Wildman–Crippen MR) is 86.5 cm³/mol. The molecule has 1 fully saturated rings. The molecule has 0 atom stereocenters. The lowest BCUT2D eigenvalue weighted by Crippen LogP contribution is -2.29. The standard InChI is InChI=1S/C16H22N4O/c1-16(5-3-2-4-6-16)9-18-14-8-13-11(7-12(14)17)15(21)20-10-19-13/h7-8,10,18H,2-6,9,17H2,1H3,(H,19,20,21). The minimum absolute atomic E-state index is 0.155. The number of nitrogens with one attached hydrogen (secondary N) is 2. The van der Waals surface area contributed by atoms with Gasteiger partial charge in [0.2, 0.25) is 0 Å². The predicted octanol–water partition coefficient (Wildman–Crippen LogP) is 2.89. The molecule has 1 aliphatic rings. The zero-order valence-electron chi connectivity index (χ0n) is 12.4. The number of hydrogen-bond acceptors (Lipinski definition) is 4. The second kappa shape index (κ2) is 5.39. The van der Waals surface area contributed by atoms with Gasteiger partial charge in [0.15, 0.2) is 0 Å². The van der Waals surface area contributed by atoms with Crippen molar-refractivity contribution < 1.29 is 0 Å². The van der Waals surface area contributed by atoms with E-state index in [1.165, 1.54) is 38.4 Å². The Kier molecular flexibility index (Phi) is 3.57. The average molecular weight is 286 g/mol. The smallest absolute Gasteiger partial charge is 0.258 e. The Hall–Kier alpha value is -2.04. The molecule has 2 aromatic rings. The molecule has 0 saturated heterocycles. The number of H-pyrrole nitrogens is 1.